The lowest BCUT2D eigenvalue weighted by Crippen LogP contribution is -2.27. The average molecular weight is 478 g/mol. The molecule has 1 fully saturated rings. The molecule has 1 aliphatic heterocycles. The Bertz CT molecular complexity index is 1190. The van der Waals surface area contributed by atoms with E-state index in [1.54, 1.807) is 12.0 Å². The van der Waals surface area contributed by atoms with Crippen molar-refractivity contribution >= 4 is 46.0 Å². The number of amides is 1. The van der Waals surface area contributed by atoms with Crippen molar-refractivity contribution in [1.82, 2.24) is 0 Å². The Morgan fingerprint density at radius 1 is 0.909 bits per heavy atom. The predicted octanol–water partition coefficient (Wildman–Crippen LogP) is 5.87. The minimum absolute atomic E-state index is 0.135. The summed E-state index contributed by atoms with van der Waals surface area (Å²) in [5.41, 5.74) is 2.67. The predicted molar refractivity (Wildman–Crippen MR) is 137 cm³/mol. The van der Waals surface area contributed by atoms with Crippen molar-refractivity contribution in [2.24, 2.45) is 0 Å². The van der Waals surface area contributed by atoms with Crippen LogP contribution >= 0.6 is 24.0 Å². The second-order valence-corrected chi connectivity index (χ2v) is 8.90. The number of benzene rings is 3. The smallest absolute Gasteiger partial charge is 0.270 e. The van der Waals surface area contributed by atoms with E-state index in [-0.39, 0.29) is 5.91 Å². The summed E-state index contributed by atoms with van der Waals surface area (Å²) in [5, 5.41) is 0. The van der Waals surface area contributed by atoms with Crippen LogP contribution in [-0.2, 0) is 4.79 Å². The number of ether oxygens (including phenoxy) is 3. The molecular formula is C26H23NO4S2. The van der Waals surface area contributed by atoms with Gasteiger partial charge >= 0.3 is 0 Å². The van der Waals surface area contributed by atoms with E-state index in [2.05, 4.69) is 0 Å². The summed E-state index contributed by atoms with van der Waals surface area (Å²) in [6.45, 7) is 2.79. The Labute approximate surface area is 203 Å². The van der Waals surface area contributed by atoms with Crippen LogP contribution in [0.25, 0.3) is 6.08 Å². The van der Waals surface area contributed by atoms with E-state index in [1.807, 2.05) is 85.8 Å². The van der Waals surface area contributed by atoms with Crippen LogP contribution in [0, 0.1) is 6.92 Å². The maximum Gasteiger partial charge on any atom is 0.270 e. The van der Waals surface area contributed by atoms with E-state index in [1.165, 1.54) is 11.8 Å². The largest absolute Gasteiger partial charge is 0.493 e. The molecule has 7 heteroatoms. The highest BCUT2D eigenvalue weighted by Gasteiger charge is 2.33. The molecule has 33 heavy (non-hydrogen) atoms. The lowest BCUT2D eigenvalue weighted by atomic mass is 10.2. The Morgan fingerprint density at radius 2 is 1.61 bits per heavy atom. The summed E-state index contributed by atoms with van der Waals surface area (Å²) in [6, 6.07) is 22.8. The van der Waals surface area contributed by atoms with E-state index in [0.29, 0.717) is 33.9 Å². The highest BCUT2D eigenvalue weighted by Crippen LogP contribution is 2.37. The lowest BCUT2D eigenvalue weighted by Gasteiger charge is -2.14. The maximum absolute atomic E-state index is 12.9. The molecule has 0 aromatic heterocycles. The fourth-order valence-corrected chi connectivity index (χ4v) is 4.63. The van der Waals surface area contributed by atoms with Crippen LogP contribution in [0.4, 0.5) is 5.69 Å². The Hall–Kier alpha value is -3.29. The molecule has 0 bridgehead atoms. The standard InChI is InChI=1S/C26H23NO4S2/c1-18-8-6-7-11-21(18)30-14-15-31-22-13-12-19(16-23(22)29-2)17-24-25(28)27(26(32)33-24)20-9-4-3-5-10-20/h3-13,16-17H,14-15H2,1-2H3. The van der Waals surface area contributed by atoms with Crippen molar-refractivity contribution < 1.29 is 19.0 Å². The molecule has 1 amide bonds. The first-order chi connectivity index (χ1) is 16.1. The first-order valence-corrected chi connectivity index (χ1v) is 11.6. The number of nitrogens with zero attached hydrogens (tertiary/aromatic N) is 1. The number of hydrogen-bond acceptors (Lipinski definition) is 6. The molecular weight excluding hydrogens is 454 g/mol. The molecule has 168 valence electrons. The highest BCUT2D eigenvalue weighted by molar-refractivity contribution is 8.27. The fourth-order valence-electron chi connectivity index (χ4n) is 3.33. The first-order valence-electron chi connectivity index (χ1n) is 10.4. The summed E-state index contributed by atoms with van der Waals surface area (Å²) in [5.74, 6) is 1.90. The van der Waals surface area contributed by atoms with Gasteiger partial charge in [-0.1, -0.05) is 66.4 Å². The topological polar surface area (TPSA) is 48.0 Å². The quantitative estimate of drug-likeness (QED) is 0.230. The number of rotatable bonds is 8. The van der Waals surface area contributed by atoms with Crippen LogP contribution < -0.4 is 19.1 Å². The van der Waals surface area contributed by atoms with Gasteiger partial charge in [0.1, 0.15) is 19.0 Å². The van der Waals surface area contributed by atoms with Crippen molar-refractivity contribution in [3.8, 4) is 17.2 Å². The number of para-hydroxylation sites is 2. The van der Waals surface area contributed by atoms with Gasteiger partial charge in [-0.3, -0.25) is 9.69 Å². The number of carbonyl (C=O) groups is 1. The summed E-state index contributed by atoms with van der Waals surface area (Å²) >= 11 is 6.72. The molecule has 0 unspecified atom stereocenters. The third-order valence-electron chi connectivity index (χ3n) is 4.99. The molecule has 1 heterocycles. The molecule has 3 aromatic rings. The van der Waals surface area contributed by atoms with Gasteiger partial charge in [0.05, 0.1) is 17.7 Å². The SMILES string of the molecule is COc1cc(C=C2SC(=S)N(c3ccccc3)C2=O)ccc1OCCOc1ccccc1C. The Morgan fingerprint density at radius 3 is 2.33 bits per heavy atom. The molecule has 4 rings (SSSR count). The molecule has 0 radical (unpaired) electrons. The van der Waals surface area contributed by atoms with E-state index in [4.69, 9.17) is 26.4 Å². The normalized spacial score (nSPS) is 14.6. The van der Waals surface area contributed by atoms with E-state index >= 15 is 0 Å². The van der Waals surface area contributed by atoms with Crippen LogP contribution in [0.5, 0.6) is 17.2 Å². The van der Waals surface area contributed by atoms with Crippen molar-refractivity contribution in [3.63, 3.8) is 0 Å². The molecule has 0 aliphatic carbocycles. The van der Waals surface area contributed by atoms with Gasteiger partial charge in [0.15, 0.2) is 15.8 Å². The van der Waals surface area contributed by atoms with Crippen molar-refractivity contribution in [1.29, 1.82) is 0 Å². The first kappa shape index (κ1) is 22.9. The van der Waals surface area contributed by atoms with Gasteiger partial charge in [-0.2, -0.15) is 0 Å². The average Bonchev–Trinajstić information content (AvgIpc) is 3.11. The summed E-state index contributed by atoms with van der Waals surface area (Å²) in [6.07, 6.45) is 1.82. The van der Waals surface area contributed by atoms with Crippen molar-refractivity contribution in [2.45, 2.75) is 6.92 Å². The van der Waals surface area contributed by atoms with Gasteiger partial charge in [-0.15, -0.1) is 0 Å². The molecule has 0 saturated carbocycles. The Balaban J connectivity index is 1.42. The van der Waals surface area contributed by atoms with Crippen molar-refractivity contribution in [2.75, 3.05) is 25.2 Å². The van der Waals surface area contributed by atoms with E-state index in [9.17, 15) is 4.79 Å². The third kappa shape index (κ3) is 5.38. The highest BCUT2D eigenvalue weighted by atomic mass is 32.2. The van der Waals surface area contributed by atoms with Gasteiger partial charge in [0.25, 0.3) is 5.91 Å². The second-order valence-electron chi connectivity index (χ2n) is 7.23. The van der Waals surface area contributed by atoms with Crippen LogP contribution in [0.3, 0.4) is 0 Å². The summed E-state index contributed by atoms with van der Waals surface area (Å²) in [4.78, 5) is 15.0. The number of methoxy groups -OCH3 is 1. The number of thiocarbonyl (C=S) groups is 1. The van der Waals surface area contributed by atoms with E-state index < -0.39 is 0 Å². The molecule has 1 saturated heterocycles. The molecule has 5 nitrogen and oxygen atoms in total. The number of hydrogen-bond donors (Lipinski definition) is 0. The number of aryl methyl sites for hydroxylation is 1. The Kier molecular flexibility index (Phi) is 7.32. The van der Waals surface area contributed by atoms with Crippen LogP contribution in [-0.4, -0.2) is 30.6 Å². The number of carbonyl (C=O) groups excluding carboxylic acids is 1. The summed E-state index contributed by atoms with van der Waals surface area (Å²) in [7, 11) is 1.59. The monoisotopic (exact) mass is 477 g/mol. The van der Waals surface area contributed by atoms with Gasteiger partial charge in [-0.05, 0) is 54.5 Å². The zero-order valence-corrected chi connectivity index (χ0v) is 19.9. The van der Waals surface area contributed by atoms with Crippen LogP contribution in [0.1, 0.15) is 11.1 Å². The molecule has 0 N–H and O–H groups in total. The number of thioether (sulfide) groups is 1. The van der Waals surface area contributed by atoms with Crippen molar-refractivity contribution in [3.05, 3.63) is 88.8 Å². The second kappa shape index (κ2) is 10.6. The zero-order valence-electron chi connectivity index (χ0n) is 18.3. The maximum atomic E-state index is 12.9. The van der Waals surface area contributed by atoms with Crippen LogP contribution in [0.2, 0.25) is 0 Å². The summed E-state index contributed by atoms with van der Waals surface area (Å²) < 4.78 is 17.6. The van der Waals surface area contributed by atoms with Gasteiger partial charge in [0.2, 0.25) is 0 Å². The minimum atomic E-state index is -0.135. The zero-order chi connectivity index (χ0) is 23.2. The van der Waals surface area contributed by atoms with Gasteiger partial charge < -0.3 is 14.2 Å². The lowest BCUT2D eigenvalue weighted by molar-refractivity contribution is -0.113. The molecule has 3 aromatic carbocycles. The molecule has 0 atom stereocenters. The third-order valence-corrected chi connectivity index (χ3v) is 6.29. The molecule has 1 aliphatic rings. The van der Waals surface area contributed by atoms with Crippen LogP contribution in [0.15, 0.2) is 77.7 Å². The van der Waals surface area contributed by atoms with E-state index in [0.717, 1.165) is 22.6 Å². The minimum Gasteiger partial charge on any atom is -0.493 e. The number of anilines is 1. The van der Waals surface area contributed by atoms with Gasteiger partial charge in [-0.25, -0.2) is 0 Å². The van der Waals surface area contributed by atoms with Gasteiger partial charge in [0, 0.05) is 0 Å². The molecule has 0 spiro atoms. The fraction of sp³-hybridized carbons (Fsp3) is 0.154.